The molecule has 1 saturated heterocycles. The minimum atomic E-state index is -3.07. The summed E-state index contributed by atoms with van der Waals surface area (Å²) in [5, 5.41) is 0. The number of imide groups is 1. The van der Waals surface area contributed by atoms with Gasteiger partial charge in [-0.3, -0.25) is 19.3 Å². The maximum absolute atomic E-state index is 12.8. The number of benzene rings is 1. The molecule has 158 valence electrons. The summed E-state index contributed by atoms with van der Waals surface area (Å²) in [6.07, 6.45) is 2.77. The van der Waals surface area contributed by atoms with Crippen molar-refractivity contribution in [3.8, 4) is 0 Å². The summed E-state index contributed by atoms with van der Waals surface area (Å²) < 4.78 is 23.6. The quantitative estimate of drug-likeness (QED) is 0.601. The molecule has 1 atom stereocenters. The van der Waals surface area contributed by atoms with Crippen LogP contribution in [0.25, 0.3) is 0 Å². The van der Waals surface area contributed by atoms with E-state index < -0.39 is 9.84 Å². The summed E-state index contributed by atoms with van der Waals surface area (Å²) in [4.78, 5) is 40.7. The van der Waals surface area contributed by atoms with E-state index in [4.69, 9.17) is 0 Å². The molecule has 2 aliphatic rings. The smallest absolute Gasteiger partial charge is 0.261 e. The van der Waals surface area contributed by atoms with Crippen molar-refractivity contribution < 1.29 is 22.8 Å². The first-order valence-corrected chi connectivity index (χ1v) is 12.0. The van der Waals surface area contributed by atoms with Gasteiger partial charge in [-0.1, -0.05) is 25.0 Å². The van der Waals surface area contributed by atoms with Crippen LogP contribution in [-0.4, -0.2) is 66.6 Å². The van der Waals surface area contributed by atoms with Crippen LogP contribution in [0.1, 0.15) is 65.3 Å². The summed E-state index contributed by atoms with van der Waals surface area (Å²) >= 11 is 0. The van der Waals surface area contributed by atoms with Crippen LogP contribution in [0, 0.1) is 6.92 Å². The molecular formula is C21H28N2O5S. The number of nitrogens with zero attached hydrogens (tertiary/aromatic N) is 2. The molecule has 0 aliphatic carbocycles. The van der Waals surface area contributed by atoms with Gasteiger partial charge in [-0.05, 0) is 38.3 Å². The van der Waals surface area contributed by atoms with Gasteiger partial charge in [0.25, 0.3) is 11.8 Å². The predicted molar refractivity (Wildman–Crippen MR) is 109 cm³/mol. The van der Waals surface area contributed by atoms with Crippen LogP contribution in [0.2, 0.25) is 0 Å². The zero-order valence-electron chi connectivity index (χ0n) is 17.0. The average molecular weight is 421 g/mol. The summed E-state index contributed by atoms with van der Waals surface area (Å²) in [5.74, 6) is -0.580. The Bertz CT molecular complexity index is 925. The number of sulfone groups is 1. The van der Waals surface area contributed by atoms with Crippen molar-refractivity contribution in [2.75, 3.05) is 24.6 Å². The maximum Gasteiger partial charge on any atom is 0.261 e. The molecule has 1 unspecified atom stereocenters. The second kappa shape index (κ2) is 8.65. The first-order chi connectivity index (χ1) is 13.7. The molecule has 0 spiro atoms. The van der Waals surface area contributed by atoms with Gasteiger partial charge in [0.1, 0.15) is 0 Å². The Morgan fingerprint density at radius 2 is 1.90 bits per heavy atom. The van der Waals surface area contributed by atoms with E-state index >= 15 is 0 Å². The summed E-state index contributed by atoms with van der Waals surface area (Å²) in [7, 11) is -3.07. The maximum atomic E-state index is 12.8. The average Bonchev–Trinajstić information content (AvgIpc) is 3.14. The molecule has 2 aliphatic heterocycles. The lowest BCUT2D eigenvalue weighted by Crippen LogP contribution is -2.42. The van der Waals surface area contributed by atoms with Crippen LogP contribution < -0.4 is 0 Å². The SMILES string of the molecule is CCCCN(C(=O)CCCN1C(=O)c2ccc(C)cc2C1=O)C1CCS(=O)(=O)C1. The minimum absolute atomic E-state index is 0.0280. The van der Waals surface area contributed by atoms with Crippen LogP contribution in [-0.2, 0) is 14.6 Å². The van der Waals surface area contributed by atoms with Crippen LogP contribution in [0.5, 0.6) is 0 Å². The first kappa shape index (κ1) is 21.5. The third-order valence-electron chi connectivity index (χ3n) is 5.62. The van der Waals surface area contributed by atoms with E-state index in [0.29, 0.717) is 30.5 Å². The highest BCUT2D eigenvalue weighted by atomic mass is 32.2. The molecule has 8 heteroatoms. The van der Waals surface area contributed by atoms with Gasteiger partial charge >= 0.3 is 0 Å². The fourth-order valence-electron chi connectivity index (χ4n) is 4.00. The van der Waals surface area contributed by atoms with Crippen LogP contribution >= 0.6 is 0 Å². The largest absolute Gasteiger partial charge is 0.339 e. The number of unbranched alkanes of at least 4 members (excludes halogenated alkanes) is 1. The predicted octanol–water partition coefficient (Wildman–Crippen LogP) is 2.19. The van der Waals surface area contributed by atoms with E-state index in [9.17, 15) is 22.8 Å². The second-order valence-corrected chi connectivity index (χ2v) is 10.1. The van der Waals surface area contributed by atoms with Gasteiger partial charge in [-0.25, -0.2) is 8.42 Å². The Hall–Kier alpha value is -2.22. The number of fused-ring (bicyclic) bond motifs is 1. The molecule has 2 heterocycles. The van der Waals surface area contributed by atoms with Crippen molar-refractivity contribution in [1.82, 2.24) is 9.80 Å². The molecule has 7 nitrogen and oxygen atoms in total. The first-order valence-electron chi connectivity index (χ1n) is 10.2. The zero-order valence-corrected chi connectivity index (χ0v) is 17.8. The van der Waals surface area contributed by atoms with Crippen molar-refractivity contribution in [1.29, 1.82) is 0 Å². The fraction of sp³-hybridized carbons (Fsp3) is 0.571. The Morgan fingerprint density at radius 3 is 2.55 bits per heavy atom. The lowest BCUT2D eigenvalue weighted by Gasteiger charge is -2.28. The summed E-state index contributed by atoms with van der Waals surface area (Å²) in [6.45, 7) is 4.62. The van der Waals surface area contributed by atoms with Crippen LogP contribution in [0.4, 0.5) is 0 Å². The number of amides is 3. The molecule has 3 amide bonds. The van der Waals surface area contributed by atoms with E-state index in [1.165, 1.54) is 4.90 Å². The number of hydrogen-bond donors (Lipinski definition) is 0. The molecule has 0 aromatic heterocycles. The normalized spacial score (nSPS) is 20.2. The summed E-state index contributed by atoms with van der Waals surface area (Å²) in [5.41, 5.74) is 1.75. The van der Waals surface area contributed by atoms with Gasteiger partial charge in [0.15, 0.2) is 9.84 Å². The van der Waals surface area contributed by atoms with Crippen molar-refractivity contribution in [3.63, 3.8) is 0 Å². The van der Waals surface area contributed by atoms with E-state index in [1.807, 2.05) is 13.8 Å². The van der Waals surface area contributed by atoms with Gasteiger partial charge < -0.3 is 4.90 Å². The Kier molecular flexibility index (Phi) is 6.41. The van der Waals surface area contributed by atoms with Crippen molar-refractivity contribution in [3.05, 3.63) is 34.9 Å². The van der Waals surface area contributed by atoms with Gasteiger partial charge in [-0.15, -0.1) is 0 Å². The molecule has 0 radical (unpaired) electrons. The van der Waals surface area contributed by atoms with Gasteiger partial charge in [-0.2, -0.15) is 0 Å². The standard InChI is InChI=1S/C21H28N2O5S/c1-3-4-10-22(16-9-12-29(27,28)14-16)19(24)6-5-11-23-20(25)17-8-7-15(2)13-18(17)21(23)26/h7-8,13,16H,3-6,9-12,14H2,1-2H3. The van der Waals surface area contributed by atoms with E-state index in [0.717, 1.165) is 18.4 Å². The number of hydrogen-bond acceptors (Lipinski definition) is 5. The van der Waals surface area contributed by atoms with E-state index in [2.05, 4.69) is 0 Å². The number of carbonyl (C=O) groups excluding carboxylic acids is 3. The Labute approximate surface area is 172 Å². The van der Waals surface area contributed by atoms with E-state index in [1.54, 1.807) is 23.1 Å². The van der Waals surface area contributed by atoms with Crippen molar-refractivity contribution in [2.24, 2.45) is 0 Å². The Morgan fingerprint density at radius 1 is 1.17 bits per heavy atom. The number of aryl methyl sites for hydroxylation is 1. The zero-order chi connectivity index (χ0) is 21.2. The molecule has 0 N–H and O–H groups in total. The van der Waals surface area contributed by atoms with Crippen LogP contribution in [0.15, 0.2) is 18.2 Å². The third kappa shape index (κ3) is 4.69. The molecular weight excluding hydrogens is 392 g/mol. The number of rotatable bonds is 8. The summed E-state index contributed by atoms with van der Waals surface area (Å²) in [6, 6.07) is 4.93. The third-order valence-corrected chi connectivity index (χ3v) is 7.37. The lowest BCUT2D eigenvalue weighted by molar-refractivity contribution is -0.133. The van der Waals surface area contributed by atoms with Crippen LogP contribution in [0.3, 0.4) is 0 Å². The van der Waals surface area contributed by atoms with Gasteiger partial charge in [0.2, 0.25) is 5.91 Å². The van der Waals surface area contributed by atoms with E-state index in [-0.39, 0.29) is 48.2 Å². The molecule has 0 bridgehead atoms. The highest BCUT2D eigenvalue weighted by molar-refractivity contribution is 7.91. The Balaban J connectivity index is 1.59. The monoisotopic (exact) mass is 420 g/mol. The van der Waals surface area contributed by atoms with Crippen molar-refractivity contribution in [2.45, 2.75) is 52.0 Å². The molecule has 1 aromatic rings. The van der Waals surface area contributed by atoms with Crippen molar-refractivity contribution >= 4 is 27.6 Å². The molecule has 29 heavy (non-hydrogen) atoms. The lowest BCUT2D eigenvalue weighted by atomic mass is 10.1. The second-order valence-electron chi connectivity index (χ2n) is 7.91. The highest BCUT2D eigenvalue weighted by Crippen LogP contribution is 2.25. The highest BCUT2D eigenvalue weighted by Gasteiger charge is 2.36. The molecule has 1 fully saturated rings. The number of carbonyl (C=O) groups is 3. The van der Waals surface area contributed by atoms with Gasteiger partial charge in [0.05, 0.1) is 22.6 Å². The molecule has 0 saturated carbocycles. The molecule has 1 aromatic carbocycles. The fourth-order valence-corrected chi connectivity index (χ4v) is 5.73. The minimum Gasteiger partial charge on any atom is -0.339 e. The molecule has 3 rings (SSSR count). The topological polar surface area (TPSA) is 91.8 Å². The van der Waals surface area contributed by atoms with Gasteiger partial charge in [0, 0.05) is 25.6 Å².